The lowest BCUT2D eigenvalue weighted by molar-refractivity contribution is -0.321. The molecule has 2 saturated heterocycles. The van der Waals surface area contributed by atoms with Crippen LogP contribution < -0.4 is 0 Å². The zero-order valence-electron chi connectivity index (χ0n) is 29.3. The third-order valence-electron chi connectivity index (χ3n) is 9.50. The number of allylic oxidation sites excluding steroid dienone is 4. The molecule has 0 aromatic heterocycles. The third kappa shape index (κ3) is 11.0. The van der Waals surface area contributed by atoms with E-state index in [0.29, 0.717) is 19.3 Å². The van der Waals surface area contributed by atoms with Crippen LogP contribution in [0.5, 0.6) is 0 Å². The highest BCUT2D eigenvalue weighted by molar-refractivity contribution is 6.74. The van der Waals surface area contributed by atoms with Crippen LogP contribution in [0, 0.1) is 11.8 Å². The Morgan fingerprint density at radius 2 is 1.68 bits per heavy atom. The molecule has 0 amide bonds. The quantitative estimate of drug-likeness (QED) is 0.0967. The monoisotopic (exact) mass is 642 g/mol. The van der Waals surface area contributed by atoms with Gasteiger partial charge in [-0.25, -0.2) is 4.79 Å². The van der Waals surface area contributed by atoms with E-state index < -0.39 is 38.1 Å². The molecule has 2 rings (SSSR count). The number of hydrogen-bond donors (Lipinski definition) is 2. The Bertz CT molecular complexity index is 944. The lowest BCUT2D eigenvalue weighted by atomic mass is 9.81. The number of carbonyl (C=O) groups is 1. The van der Waals surface area contributed by atoms with Crippen molar-refractivity contribution < 1.29 is 43.1 Å². The number of aliphatic carboxylic acids is 1. The van der Waals surface area contributed by atoms with Crippen molar-refractivity contribution in [3.05, 3.63) is 24.3 Å². The Morgan fingerprint density at radius 1 is 1.07 bits per heavy atom. The molecular weight excluding hydrogens is 580 g/mol. The molecule has 256 valence electrons. The minimum absolute atomic E-state index is 0.144. The van der Waals surface area contributed by atoms with Crippen molar-refractivity contribution in [2.45, 2.75) is 161 Å². The number of carboxylic acids is 1. The zero-order valence-corrected chi connectivity index (χ0v) is 30.3. The summed E-state index contributed by atoms with van der Waals surface area (Å²) < 4.78 is 35.8. The molecule has 0 aromatic carbocycles. The summed E-state index contributed by atoms with van der Waals surface area (Å²) in [6, 6.07) is 0. The van der Waals surface area contributed by atoms with Crippen LogP contribution in [0.2, 0.25) is 18.1 Å². The standard InChI is InChI=1S/C34H62O9Si/c1-24-20-21-29(40-34(24)30(31(36)37)41-33(7,8)43-34)26(3)28(35)22-27(39-23-38-9)19-17-15-13-12-14-16-18-25(2)42-44(10,11)32(4,5)6/h12-15,24-30,35H,16-23H2,1-11H3,(H,36,37)/b14-12+,15-13+/t24-,25+,26+,27+,28?,29+,30?,34?/m1/s1. The maximum absolute atomic E-state index is 12.1. The van der Waals surface area contributed by atoms with Crippen LogP contribution >= 0.6 is 0 Å². The van der Waals surface area contributed by atoms with Crippen molar-refractivity contribution in [3.8, 4) is 0 Å². The van der Waals surface area contributed by atoms with Crippen LogP contribution in [0.4, 0.5) is 0 Å². The number of carboxylic acid groups (broad SMARTS) is 1. The van der Waals surface area contributed by atoms with Gasteiger partial charge in [0.1, 0.15) is 6.79 Å². The lowest BCUT2D eigenvalue weighted by Crippen LogP contribution is -2.58. The van der Waals surface area contributed by atoms with Crippen LogP contribution in [0.15, 0.2) is 24.3 Å². The summed E-state index contributed by atoms with van der Waals surface area (Å²) in [6.07, 6.45) is 11.4. The second kappa shape index (κ2) is 16.6. The molecule has 9 nitrogen and oxygen atoms in total. The van der Waals surface area contributed by atoms with E-state index in [-0.39, 0.29) is 42.0 Å². The van der Waals surface area contributed by atoms with Crippen LogP contribution in [-0.4, -0.2) is 80.5 Å². The minimum atomic E-state index is -1.74. The molecule has 10 heteroatoms. The van der Waals surface area contributed by atoms with E-state index in [0.717, 1.165) is 25.7 Å². The van der Waals surface area contributed by atoms with Crippen molar-refractivity contribution >= 4 is 14.3 Å². The van der Waals surface area contributed by atoms with E-state index >= 15 is 0 Å². The number of methoxy groups -OCH3 is 1. The molecule has 0 bridgehead atoms. The molecule has 0 aromatic rings. The molecule has 2 aliphatic heterocycles. The molecule has 44 heavy (non-hydrogen) atoms. The molecule has 3 unspecified atom stereocenters. The minimum Gasteiger partial charge on any atom is -0.479 e. The molecule has 8 atom stereocenters. The highest BCUT2D eigenvalue weighted by atomic mass is 28.4. The van der Waals surface area contributed by atoms with Gasteiger partial charge in [0.15, 0.2) is 14.1 Å². The Balaban J connectivity index is 1.88. The van der Waals surface area contributed by atoms with E-state index in [1.807, 2.05) is 13.8 Å². The van der Waals surface area contributed by atoms with Crippen molar-refractivity contribution in [1.82, 2.24) is 0 Å². The van der Waals surface area contributed by atoms with Gasteiger partial charge in [-0.15, -0.1) is 0 Å². The summed E-state index contributed by atoms with van der Waals surface area (Å²) in [4.78, 5) is 12.1. The summed E-state index contributed by atoms with van der Waals surface area (Å²) in [7, 11) is -0.159. The van der Waals surface area contributed by atoms with E-state index in [9.17, 15) is 15.0 Å². The van der Waals surface area contributed by atoms with Gasteiger partial charge in [0.2, 0.25) is 11.9 Å². The van der Waals surface area contributed by atoms with Crippen LogP contribution in [0.1, 0.15) is 100 Å². The molecule has 0 aliphatic carbocycles. The van der Waals surface area contributed by atoms with Crippen LogP contribution in [-0.2, 0) is 32.9 Å². The van der Waals surface area contributed by atoms with Gasteiger partial charge in [0.05, 0.1) is 18.3 Å². The van der Waals surface area contributed by atoms with Gasteiger partial charge < -0.3 is 38.3 Å². The molecule has 0 radical (unpaired) electrons. The first-order valence-electron chi connectivity index (χ1n) is 16.4. The molecule has 1 spiro atoms. The summed E-state index contributed by atoms with van der Waals surface area (Å²) in [5.41, 5.74) is 0. The highest BCUT2D eigenvalue weighted by Gasteiger charge is 2.63. The predicted molar refractivity (Wildman–Crippen MR) is 175 cm³/mol. The largest absolute Gasteiger partial charge is 0.479 e. The topological polar surface area (TPSA) is 113 Å². The maximum Gasteiger partial charge on any atom is 0.338 e. The van der Waals surface area contributed by atoms with Gasteiger partial charge in [-0.1, -0.05) is 58.9 Å². The summed E-state index contributed by atoms with van der Waals surface area (Å²) in [6.45, 7) is 21.0. The van der Waals surface area contributed by atoms with E-state index in [1.54, 1.807) is 21.0 Å². The van der Waals surface area contributed by atoms with Crippen molar-refractivity contribution in [3.63, 3.8) is 0 Å². The molecule has 2 fully saturated rings. The SMILES string of the molecule is COCO[C@@H](CC/C=C/C=C/CC[C@H](C)O[Si](C)(C)C(C)(C)C)CC(O)[C@H](C)[C@@H]1CC[C@@H](C)C2(O1)OC(C)(C)OC2C(=O)O. The summed E-state index contributed by atoms with van der Waals surface area (Å²) >= 11 is 0. The number of aliphatic hydroxyl groups excluding tert-OH is 1. The number of ether oxygens (including phenoxy) is 5. The number of aliphatic hydroxyl groups is 1. The average Bonchev–Trinajstić information content (AvgIpc) is 3.19. The van der Waals surface area contributed by atoms with Crippen molar-refractivity contribution in [2.75, 3.05) is 13.9 Å². The predicted octanol–water partition coefficient (Wildman–Crippen LogP) is 7.19. The fraction of sp³-hybridized carbons (Fsp3) is 0.853. The molecule has 2 aliphatic rings. The second-order valence-electron chi connectivity index (χ2n) is 14.8. The van der Waals surface area contributed by atoms with Gasteiger partial charge in [-0.05, 0) is 83.8 Å². The Hall–Kier alpha value is -1.11. The Kier molecular flexibility index (Phi) is 14.8. The number of rotatable bonds is 17. The second-order valence-corrected chi connectivity index (χ2v) is 19.5. The summed E-state index contributed by atoms with van der Waals surface area (Å²) in [5, 5.41) is 21.3. The fourth-order valence-corrected chi connectivity index (χ4v) is 7.24. The Morgan fingerprint density at radius 3 is 2.25 bits per heavy atom. The van der Waals surface area contributed by atoms with Gasteiger partial charge in [0.25, 0.3) is 0 Å². The van der Waals surface area contributed by atoms with Crippen LogP contribution in [0.25, 0.3) is 0 Å². The number of hydrogen-bond acceptors (Lipinski definition) is 8. The first-order chi connectivity index (χ1) is 20.3. The summed E-state index contributed by atoms with van der Waals surface area (Å²) in [5.74, 6) is -4.04. The van der Waals surface area contributed by atoms with Crippen LogP contribution in [0.3, 0.4) is 0 Å². The Labute approximate surface area is 267 Å². The molecular formula is C34H62O9Si. The molecule has 2 heterocycles. The van der Waals surface area contributed by atoms with Crippen molar-refractivity contribution in [2.24, 2.45) is 11.8 Å². The average molecular weight is 643 g/mol. The fourth-order valence-electron chi connectivity index (χ4n) is 5.76. The normalized spacial score (nSPS) is 29.0. The zero-order chi connectivity index (χ0) is 33.3. The smallest absolute Gasteiger partial charge is 0.338 e. The van der Waals surface area contributed by atoms with Gasteiger partial charge in [-0.2, -0.15) is 0 Å². The van der Waals surface area contributed by atoms with Gasteiger partial charge in [-0.3, -0.25) is 0 Å². The van der Waals surface area contributed by atoms with Crippen molar-refractivity contribution in [1.29, 1.82) is 0 Å². The highest BCUT2D eigenvalue weighted by Crippen LogP contribution is 2.48. The lowest BCUT2D eigenvalue weighted by Gasteiger charge is -2.46. The third-order valence-corrected chi connectivity index (χ3v) is 14.1. The van der Waals surface area contributed by atoms with E-state index in [2.05, 4.69) is 65.1 Å². The molecule has 2 N–H and O–H groups in total. The first-order valence-corrected chi connectivity index (χ1v) is 19.3. The van der Waals surface area contributed by atoms with E-state index in [4.69, 9.17) is 28.1 Å². The van der Waals surface area contributed by atoms with Gasteiger partial charge >= 0.3 is 5.97 Å². The van der Waals surface area contributed by atoms with Gasteiger partial charge in [0, 0.05) is 25.0 Å². The first kappa shape index (κ1) is 39.1. The maximum atomic E-state index is 12.1. The van der Waals surface area contributed by atoms with E-state index in [1.165, 1.54) is 0 Å². The molecule has 0 saturated carbocycles.